The smallest absolute Gasteiger partial charge is 0.329 e. The molecule has 1 aliphatic heterocycles. The summed E-state index contributed by atoms with van der Waals surface area (Å²) in [5.41, 5.74) is 2.92. The van der Waals surface area contributed by atoms with Gasteiger partial charge in [0.05, 0.1) is 19.4 Å². The number of hydrogen-bond donors (Lipinski definition) is 2. The first-order valence-electron chi connectivity index (χ1n) is 7.82. The Hall–Kier alpha value is -1.96. The van der Waals surface area contributed by atoms with Crippen molar-refractivity contribution in [3.63, 3.8) is 0 Å². The van der Waals surface area contributed by atoms with Crippen molar-refractivity contribution >= 4 is 29.6 Å². The van der Waals surface area contributed by atoms with Crippen LogP contribution in [0.3, 0.4) is 0 Å². The maximum absolute atomic E-state index is 11.6. The summed E-state index contributed by atoms with van der Waals surface area (Å²) >= 11 is 5.84. The van der Waals surface area contributed by atoms with Gasteiger partial charge in [0.2, 0.25) is 0 Å². The zero-order chi connectivity index (χ0) is 17.2. The molecule has 1 fully saturated rings. The highest BCUT2D eigenvalue weighted by Gasteiger charge is 2.13. The molecule has 0 saturated carbocycles. The molecule has 1 aromatic carbocycles. The van der Waals surface area contributed by atoms with E-state index in [-0.39, 0.29) is 0 Å². The van der Waals surface area contributed by atoms with Gasteiger partial charge in [0.25, 0.3) is 0 Å². The van der Waals surface area contributed by atoms with Crippen molar-refractivity contribution in [1.29, 1.82) is 0 Å². The standard InChI is InChI=1S/C16H21ClN4O3/c17-14-4-1-3-13(11-14)12-19-20-16(23)15(22)18-5-2-6-21-7-9-24-10-8-21/h1,3-4,11-12H,2,5-10H2,(H,18,22)(H,20,23)/b19-12-. The fourth-order valence-corrected chi connectivity index (χ4v) is 2.41. The van der Waals surface area contributed by atoms with Gasteiger partial charge in [-0.2, -0.15) is 5.10 Å². The fourth-order valence-electron chi connectivity index (χ4n) is 2.21. The van der Waals surface area contributed by atoms with Crippen LogP contribution >= 0.6 is 11.6 Å². The second-order valence-electron chi connectivity index (χ2n) is 5.32. The molecule has 2 amide bonds. The lowest BCUT2D eigenvalue weighted by Crippen LogP contribution is -2.40. The third kappa shape index (κ3) is 6.66. The van der Waals surface area contributed by atoms with Crippen LogP contribution in [0.4, 0.5) is 0 Å². The molecule has 0 atom stereocenters. The number of rotatable bonds is 6. The van der Waals surface area contributed by atoms with E-state index in [1.165, 1.54) is 6.21 Å². The average molecular weight is 353 g/mol. The number of morpholine rings is 1. The number of nitrogens with one attached hydrogen (secondary N) is 2. The van der Waals surface area contributed by atoms with E-state index in [9.17, 15) is 9.59 Å². The number of hydrazone groups is 1. The molecule has 0 aromatic heterocycles. The Morgan fingerprint density at radius 3 is 2.83 bits per heavy atom. The van der Waals surface area contributed by atoms with Gasteiger partial charge >= 0.3 is 11.8 Å². The first-order valence-corrected chi connectivity index (χ1v) is 8.20. The highest BCUT2D eigenvalue weighted by atomic mass is 35.5. The van der Waals surface area contributed by atoms with E-state index in [0.29, 0.717) is 11.6 Å². The molecular formula is C16H21ClN4O3. The first kappa shape index (κ1) is 18.4. The summed E-state index contributed by atoms with van der Waals surface area (Å²) in [4.78, 5) is 25.5. The highest BCUT2D eigenvalue weighted by molar-refractivity contribution is 6.35. The summed E-state index contributed by atoms with van der Waals surface area (Å²) in [5, 5.41) is 6.89. The van der Waals surface area contributed by atoms with Crippen molar-refractivity contribution in [2.75, 3.05) is 39.4 Å². The summed E-state index contributed by atoms with van der Waals surface area (Å²) in [6.45, 7) is 4.64. The maximum atomic E-state index is 11.6. The second-order valence-corrected chi connectivity index (χ2v) is 5.75. The fraction of sp³-hybridized carbons (Fsp3) is 0.438. The van der Waals surface area contributed by atoms with Crippen LogP contribution < -0.4 is 10.7 Å². The van der Waals surface area contributed by atoms with Gasteiger partial charge in [-0.25, -0.2) is 5.43 Å². The van der Waals surface area contributed by atoms with Gasteiger partial charge in [-0.3, -0.25) is 14.5 Å². The Morgan fingerprint density at radius 2 is 2.08 bits per heavy atom. The third-order valence-electron chi connectivity index (χ3n) is 3.47. The van der Waals surface area contributed by atoms with E-state index in [2.05, 4.69) is 20.7 Å². The quantitative estimate of drug-likeness (QED) is 0.340. The molecule has 2 N–H and O–H groups in total. The van der Waals surface area contributed by atoms with Crippen molar-refractivity contribution in [1.82, 2.24) is 15.6 Å². The Bertz CT molecular complexity index is 588. The van der Waals surface area contributed by atoms with Crippen molar-refractivity contribution in [3.8, 4) is 0 Å². The number of nitrogens with zero attached hydrogens (tertiary/aromatic N) is 2. The summed E-state index contributed by atoms with van der Waals surface area (Å²) < 4.78 is 5.27. The van der Waals surface area contributed by atoms with E-state index in [1.807, 2.05) is 0 Å². The minimum absolute atomic E-state index is 0.446. The molecule has 24 heavy (non-hydrogen) atoms. The molecule has 0 aliphatic carbocycles. The largest absolute Gasteiger partial charge is 0.379 e. The zero-order valence-electron chi connectivity index (χ0n) is 13.3. The molecule has 1 aromatic rings. The summed E-state index contributed by atoms with van der Waals surface area (Å²) in [7, 11) is 0. The molecule has 2 rings (SSSR count). The monoisotopic (exact) mass is 352 g/mol. The SMILES string of the molecule is O=C(NCCCN1CCOCC1)C(=O)N/N=C\c1cccc(Cl)c1. The molecule has 1 saturated heterocycles. The van der Waals surface area contributed by atoms with E-state index in [4.69, 9.17) is 16.3 Å². The van der Waals surface area contributed by atoms with Crippen LogP contribution in [-0.2, 0) is 14.3 Å². The predicted molar refractivity (Wildman–Crippen MR) is 92.1 cm³/mol. The Kier molecular flexibility index (Phi) is 7.67. The number of ether oxygens (including phenoxy) is 1. The van der Waals surface area contributed by atoms with Crippen LogP contribution in [0.5, 0.6) is 0 Å². The van der Waals surface area contributed by atoms with Crippen LogP contribution in [0, 0.1) is 0 Å². The van der Waals surface area contributed by atoms with Gasteiger partial charge in [-0.15, -0.1) is 0 Å². The Balaban J connectivity index is 1.62. The topological polar surface area (TPSA) is 83.0 Å². The lowest BCUT2D eigenvalue weighted by Gasteiger charge is -2.26. The van der Waals surface area contributed by atoms with Crippen molar-refractivity contribution in [2.45, 2.75) is 6.42 Å². The van der Waals surface area contributed by atoms with Gasteiger partial charge in [0, 0.05) is 24.7 Å². The van der Waals surface area contributed by atoms with Crippen molar-refractivity contribution < 1.29 is 14.3 Å². The first-order chi connectivity index (χ1) is 11.6. The average Bonchev–Trinajstić information content (AvgIpc) is 2.59. The molecule has 0 unspecified atom stereocenters. The number of benzene rings is 1. The minimum Gasteiger partial charge on any atom is -0.379 e. The lowest BCUT2D eigenvalue weighted by molar-refractivity contribution is -0.139. The molecule has 8 heteroatoms. The van der Waals surface area contributed by atoms with Crippen LogP contribution in [0.15, 0.2) is 29.4 Å². The van der Waals surface area contributed by atoms with Gasteiger partial charge in [0.1, 0.15) is 0 Å². The predicted octanol–water partition coefficient (Wildman–Crippen LogP) is 0.629. The van der Waals surface area contributed by atoms with Crippen LogP contribution in [0.2, 0.25) is 5.02 Å². The normalized spacial score (nSPS) is 15.4. The zero-order valence-corrected chi connectivity index (χ0v) is 14.1. The molecule has 130 valence electrons. The van der Waals surface area contributed by atoms with Crippen molar-refractivity contribution in [2.24, 2.45) is 5.10 Å². The number of amides is 2. The van der Waals surface area contributed by atoms with Crippen molar-refractivity contribution in [3.05, 3.63) is 34.9 Å². The van der Waals surface area contributed by atoms with E-state index >= 15 is 0 Å². The Morgan fingerprint density at radius 1 is 1.29 bits per heavy atom. The van der Waals surface area contributed by atoms with Gasteiger partial charge in [0.15, 0.2) is 0 Å². The molecular weight excluding hydrogens is 332 g/mol. The van der Waals surface area contributed by atoms with E-state index in [1.54, 1.807) is 24.3 Å². The summed E-state index contributed by atoms with van der Waals surface area (Å²) in [6, 6.07) is 6.99. The van der Waals surface area contributed by atoms with Crippen LogP contribution in [0.25, 0.3) is 0 Å². The van der Waals surface area contributed by atoms with Gasteiger partial charge in [-0.05, 0) is 30.7 Å². The van der Waals surface area contributed by atoms with Crippen LogP contribution in [0.1, 0.15) is 12.0 Å². The Labute approximate surface area is 146 Å². The minimum atomic E-state index is -0.792. The second kappa shape index (κ2) is 10.0. The summed E-state index contributed by atoms with van der Waals surface area (Å²) in [5.74, 6) is -1.49. The highest BCUT2D eigenvalue weighted by Crippen LogP contribution is 2.08. The van der Waals surface area contributed by atoms with Gasteiger partial charge < -0.3 is 10.1 Å². The number of hydrogen-bond acceptors (Lipinski definition) is 5. The number of carbonyl (C=O) groups is 2. The van der Waals surface area contributed by atoms with E-state index < -0.39 is 11.8 Å². The lowest BCUT2D eigenvalue weighted by atomic mass is 10.2. The molecule has 1 aliphatic rings. The molecule has 0 bridgehead atoms. The number of carbonyl (C=O) groups excluding carboxylic acids is 2. The molecule has 7 nitrogen and oxygen atoms in total. The number of halogens is 1. The van der Waals surface area contributed by atoms with E-state index in [0.717, 1.165) is 44.8 Å². The molecule has 0 radical (unpaired) electrons. The van der Waals surface area contributed by atoms with Gasteiger partial charge in [-0.1, -0.05) is 23.7 Å². The third-order valence-corrected chi connectivity index (χ3v) is 3.71. The van der Waals surface area contributed by atoms with Crippen LogP contribution in [-0.4, -0.2) is 62.3 Å². The molecule has 1 heterocycles. The summed E-state index contributed by atoms with van der Waals surface area (Å²) in [6.07, 6.45) is 2.21. The molecule has 0 spiro atoms. The maximum Gasteiger partial charge on any atom is 0.329 e.